The Hall–Kier alpha value is -0.540. The van der Waals surface area contributed by atoms with Crippen LogP contribution in [-0.4, -0.2) is 24.1 Å². The van der Waals surface area contributed by atoms with E-state index in [1.165, 1.54) is 0 Å². The molecule has 0 aromatic carbocycles. The van der Waals surface area contributed by atoms with Crippen molar-refractivity contribution in [2.45, 2.75) is 26.1 Å². The van der Waals surface area contributed by atoms with E-state index in [0.29, 0.717) is 0 Å². The maximum absolute atomic E-state index is 9.52. The van der Waals surface area contributed by atoms with Gasteiger partial charge in [0.05, 0.1) is 12.4 Å². The van der Waals surface area contributed by atoms with Crippen LogP contribution < -0.4 is 0 Å². The van der Waals surface area contributed by atoms with E-state index in [0.717, 1.165) is 0 Å². The van der Waals surface area contributed by atoms with Crippen molar-refractivity contribution in [3.05, 3.63) is 12.3 Å². The number of hydrogen-bond acceptors (Lipinski definition) is 3. The van der Waals surface area contributed by atoms with Crippen LogP contribution >= 0.6 is 0 Å². The fraction of sp³-hybridized carbons (Fsp3) is 0.750. The zero-order valence-electron chi connectivity index (χ0n) is 6.86. The first-order valence-corrected chi connectivity index (χ1v) is 3.79. The molecule has 1 N–H and O–H groups in total. The van der Waals surface area contributed by atoms with Gasteiger partial charge < -0.3 is 14.6 Å². The summed E-state index contributed by atoms with van der Waals surface area (Å²) in [7, 11) is 0. The minimum Gasteiger partial charge on any atom is -0.475 e. The molecule has 0 aliphatic carbocycles. The Labute approximate surface area is 66.6 Å². The lowest BCUT2D eigenvalue weighted by molar-refractivity contribution is -0.107. The summed E-state index contributed by atoms with van der Waals surface area (Å²) in [4.78, 5) is 0. The summed E-state index contributed by atoms with van der Waals surface area (Å²) in [6, 6.07) is 0. The van der Waals surface area contributed by atoms with Crippen LogP contribution in [0.25, 0.3) is 0 Å². The van der Waals surface area contributed by atoms with Crippen LogP contribution in [0.4, 0.5) is 0 Å². The Balaban J connectivity index is 2.45. The zero-order valence-corrected chi connectivity index (χ0v) is 6.86. The van der Waals surface area contributed by atoms with Gasteiger partial charge in [0, 0.05) is 0 Å². The molecule has 1 rings (SSSR count). The second kappa shape index (κ2) is 3.74. The molecule has 0 amide bonds. The van der Waals surface area contributed by atoms with Crippen LogP contribution in [0.1, 0.15) is 13.8 Å². The van der Waals surface area contributed by atoms with Crippen LogP contribution in [0.2, 0.25) is 0 Å². The molecule has 1 aliphatic heterocycles. The Morgan fingerprint density at radius 1 is 1.55 bits per heavy atom. The zero-order chi connectivity index (χ0) is 8.27. The molecule has 0 spiro atoms. The van der Waals surface area contributed by atoms with Crippen molar-refractivity contribution < 1.29 is 14.6 Å². The number of aliphatic hydroxyl groups excluding tert-OH is 1. The lowest BCUT2D eigenvalue weighted by atomic mass is 10.0. The molecular weight excluding hydrogens is 144 g/mol. The lowest BCUT2D eigenvalue weighted by Crippen LogP contribution is -2.33. The summed E-state index contributed by atoms with van der Waals surface area (Å²) in [6.07, 6.45) is 2.66. The summed E-state index contributed by atoms with van der Waals surface area (Å²) in [6.45, 7) is 4.15. The number of hydrogen-bond donors (Lipinski definition) is 1. The molecule has 2 atom stereocenters. The van der Waals surface area contributed by atoms with Crippen LogP contribution in [0, 0.1) is 5.92 Å². The Bertz CT molecular complexity index is 142. The number of aliphatic hydroxyl groups is 1. The van der Waals surface area contributed by atoms with Crippen molar-refractivity contribution in [1.82, 2.24) is 0 Å². The van der Waals surface area contributed by atoms with Gasteiger partial charge in [-0.3, -0.25) is 0 Å². The highest BCUT2D eigenvalue weighted by Crippen LogP contribution is 2.13. The van der Waals surface area contributed by atoms with Crippen LogP contribution in [0.3, 0.4) is 0 Å². The molecule has 3 nitrogen and oxygen atoms in total. The smallest absolute Gasteiger partial charge is 0.188 e. The van der Waals surface area contributed by atoms with Gasteiger partial charge in [0.1, 0.15) is 6.10 Å². The molecule has 1 heterocycles. The van der Waals surface area contributed by atoms with Crippen LogP contribution in [-0.2, 0) is 9.47 Å². The van der Waals surface area contributed by atoms with Gasteiger partial charge in [0.2, 0.25) is 0 Å². The van der Waals surface area contributed by atoms with Crippen molar-refractivity contribution in [1.29, 1.82) is 0 Å². The average Bonchev–Trinajstić information content (AvgIpc) is 2.05. The van der Waals surface area contributed by atoms with Gasteiger partial charge in [-0.1, -0.05) is 13.8 Å². The summed E-state index contributed by atoms with van der Waals surface area (Å²) >= 11 is 0. The quantitative estimate of drug-likeness (QED) is 0.648. The van der Waals surface area contributed by atoms with Gasteiger partial charge in [-0.15, -0.1) is 0 Å². The first kappa shape index (κ1) is 8.56. The van der Waals surface area contributed by atoms with Crippen molar-refractivity contribution in [2.24, 2.45) is 5.92 Å². The molecule has 0 saturated carbocycles. The summed E-state index contributed by atoms with van der Waals surface area (Å²) < 4.78 is 9.96. The average molecular weight is 158 g/mol. The van der Waals surface area contributed by atoms with Crippen molar-refractivity contribution in [3.8, 4) is 0 Å². The van der Waals surface area contributed by atoms with Gasteiger partial charge in [0.15, 0.2) is 6.79 Å². The SMILES string of the molecule is CC(C)[C@@H](O)[C@@H]1C=COCO1. The predicted molar refractivity (Wildman–Crippen MR) is 40.8 cm³/mol. The van der Waals surface area contributed by atoms with Crippen molar-refractivity contribution >= 4 is 0 Å². The summed E-state index contributed by atoms with van der Waals surface area (Å²) in [5.74, 6) is 0.211. The largest absolute Gasteiger partial charge is 0.475 e. The van der Waals surface area contributed by atoms with E-state index in [-0.39, 0.29) is 18.8 Å². The predicted octanol–water partition coefficient (Wildman–Crippen LogP) is 0.890. The summed E-state index contributed by atoms with van der Waals surface area (Å²) in [5, 5.41) is 9.52. The molecule has 11 heavy (non-hydrogen) atoms. The number of rotatable bonds is 2. The number of ether oxygens (including phenoxy) is 2. The Morgan fingerprint density at radius 3 is 2.73 bits per heavy atom. The lowest BCUT2D eigenvalue weighted by Gasteiger charge is -2.25. The molecular formula is C8H14O3. The van der Waals surface area contributed by atoms with Gasteiger partial charge in [-0.25, -0.2) is 0 Å². The van der Waals surface area contributed by atoms with Gasteiger partial charge in [0.25, 0.3) is 0 Å². The molecule has 0 bridgehead atoms. The van der Waals surface area contributed by atoms with E-state index in [2.05, 4.69) is 0 Å². The van der Waals surface area contributed by atoms with Gasteiger partial charge in [-0.05, 0) is 12.0 Å². The van der Waals surface area contributed by atoms with Gasteiger partial charge in [-0.2, -0.15) is 0 Å². The van der Waals surface area contributed by atoms with E-state index in [9.17, 15) is 5.11 Å². The highest BCUT2D eigenvalue weighted by molar-refractivity contribution is 4.92. The molecule has 0 aromatic rings. The topological polar surface area (TPSA) is 38.7 Å². The minimum atomic E-state index is -0.435. The maximum atomic E-state index is 9.52. The third-order valence-corrected chi connectivity index (χ3v) is 1.71. The van der Waals surface area contributed by atoms with E-state index in [1.54, 1.807) is 12.3 Å². The van der Waals surface area contributed by atoms with Crippen LogP contribution in [0.15, 0.2) is 12.3 Å². The maximum Gasteiger partial charge on any atom is 0.188 e. The molecule has 0 aromatic heterocycles. The Kier molecular flexibility index (Phi) is 2.91. The van der Waals surface area contributed by atoms with Gasteiger partial charge >= 0.3 is 0 Å². The van der Waals surface area contributed by atoms with E-state index in [4.69, 9.17) is 9.47 Å². The van der Waals surface area contributed by atoms with Crippen molar-refractivity contribution in [2.75, 3.05) is 6.79 Å². The third-order valence-electron chi connectivity index (χ3n) is 1.71. The fourth-order valence-corrected chi connectivity index (χ4v) is 0.937. The molecule has 64 valence electrons. The minimum absolute atomic E-state index is 0.205. The fourth-order valence-electron chi connectivity index (χ4n) is 0.937. The normalized spacial score (nSPS) is 26.7. The van der Waals surface area contributed by atoms with E-state index < -0.39 is 6.10 Å². The second-order valence-electron chi connectivity index (χ2n) is 2.98. The monoisotopic (exact) mass is 158 g/mol. The highest BCUT2D eigenvalue weighted by Gasteiger charge is 2.22. The molecule has 0 fully saturated rings. The highest BCUT2D eigenvalue weighted by atomic mass is 16.7. The standard InChI is InChI=1S/C8H14O3/c1-6(2)8(9)7-3-4-10-5-11-7/h3-4,6-9H,5H2,1-2H3/t7-,8+/m0/s1. The molecule has 1 aliphatic rings. The van der Waals surface area contributed by atoms with E-state index >= 15 is 0 Å². The summed E-state index contributed by atoms with van der Waals surface area (Å²) in [5.41, 5.74) is 0. The first-order valence-electron chi connectivity index (χ1n) is 3.79. The van der Waals surface area contributed by atoms with E-state index in [1.807, 2.05) is 13.8 Å². The molecule has 0 unspecified atom stereocenters. The Morgan fingerprint density at radius 2 is 2.27 bits per heavy atom. The molecule has 0 saturated heterocycles. The second-order valence-corrected chi connectivity index (χ2v) is 2.98. The molecule has 0 radical (unpaired) electrons. The van der Waals surface area contributed by atoms with Crippen LogP contribution in [0.5, 0.6) is 0 Å². The molecule has 3 heteroatoms. The van der Waals surface area contributed by atoms with Crippen molar-refractivity contribution in [3.63, 3.8) is 0 Å². The first-order chi connectivity index (χ1) is 5.22. The third kappa shape index (κ3) is 2.20.